The first kappa shape index (κ1) is 28.9. The largest absolute Gasteiger partial charge is 0.377 e. The fraction of sp³-hybridized carbons (Fsp3) is 0.438. The van der Waals surface area contributed by atoms with E-state index in [0.717, 1.165) is 48.4 Å². The van der Waals surface area contributed by atoms with Crippen LogP contribution in [0.25, 0.3) is 0 Å². The zero-order valence-electron chi connectivity index (χ0n) is 25.2. The number of aromatic nitrogens is 2. The molecule has 43 heavy (non-hydrogen) atoms. The molecule has 1 saturated carbocycles. The number of hydrogen-bond acceptors (Lipinski definition) is 6. The highest BCUT2D eigenvalue weighted by Crippen LogP contribution is 2.49. The van der Waals surface area contributed by atoms with Crippen LogP contribution >= 0.6 is 0 Å². The third-order valence-electron chi connectivity index (χ3n) is 8.53. The maximum absolute atomic E-state index is 13.5. The van der Waals surface area contributed by atoms with Crippen LogP contribution in [0, 0.1) is 0 Å². The highest BCUT2D eigenvalue weighted by molar-refractivity contribution is 5.94. The number of nitrogens with zero attached hydrogens (tertiary/aromatic N) is 5. The van der Waals surface area contributed by atoms with E-state index in [1.165, 1.54) is 4.90 Å². The fourth-order valence-electron chi connectivity index (χ4n) is 5.86. The van der Waals surface area contributed by atoms with Gasteiger partial charge in [0.15, 0.2) is 5.82 Å². The lowest BCUT2D eigenvalue weighted by molar-refractivity contribution is -0.163. The SMILES string of the molecule is CN(C)C(=O)Nc1ccc(CNC(=O)c2nc(C3CC3)c3n2CCN(Cc2ccc(C(=O)N(C)C)cc2)C32COC2)cc1. The Bertz CT molecular complexity index is 1520. The molecule has 2 N–H and O–H groups in total. The molecule has 3 aliphatic rings. The molecular formula is C32H39N7O4. The molecule has 6 rings (SSSR count). The maximum Gasteiger partial charge on any atom is 0.321 e. The molecule has 1 saturated heterocycles. The van der Waals surface area contributed by atoms with E-state index in [0.29, 0.717) is 49.3 Å². The summed E-state index contributed by atoms with van der Waals surface area (Å²) in [5, 5.41) is 5.88. The van der Waals surface area contributed by atoms with Crippen molar-refractivity contribution in [2.24, 2.45) is 0 Å². The Hall–Kier alpha value is -4.22. The lowest BCUT2D eigenvalue weighted by atomic mass is 9.85. The molecule has 0 bridgehead atoms. The van der Waals surface area contributed by atoms with Gasteiger partial charge in [0.05, 0.1) is 24.6 Å². The summed E-state index contributed by atoms with van der Waals surface area (Å²) >= 11 is 0. The molecule has 3 heterocycles. The van der Waals surface area contributed by atoms with Crippen LogP contribution in [0.3, 0.4) is 0 Å². The minimum absolute atomic E-state index is 0.0114. The van der Waals surface area contributed by atoms with Crippen LogP contribution in [0.2, 0.25) is 0 Å². The van der Waals surface area contributed by atoms with Crippen LogP contribution in [0.5, 0.6) is 0 Å². The monoisotopic (exact) mass is 585 g/mol. The van der Waals surface area contributed by atoms with Gasteiger partial charge in [-0.05, 0) is 48.2 Å². The van der Waals surface area contributed by atoms with Crippen LogP contribution in [0.4, 0.5) is 10.5 Å². The number of urea groups is 1. The number of benzene rings is 2. The topological polar surface area (TPSA) is 112 Å². The summed E-state index contributed by atoms with van der Waals surface area (Å²) in [7, 11) is 6.89. The van der Waals surface area contributed by atoms with E-state index < -0.39 is 0 Å². The number of amides is 4. The van der Waals surface area contributed by atoms with Crippen molar-refractivity contribution in [2.75, 3.05) is 53.3 Å². The highest BCUT2D eigenvalue weighted by atomic mass is 16.5. The average Bonchev–Trinajstić information content (AvgIpc) is 3.75. The molecule has 226 valence electrons. The van der Waals surface area contributed by atoms with Crippen molar-refractivity contribution in [2.45, 2.75) is 43.9 Å². The van der Waals surface area contributed by atoms with Crippen molar-refractivity contribution in [1.29, 1.82) is 0 Å². The number of anilines is 1. The second kappa shape index (κ2) is 11.5. The summed E-state index contributed by atoms with van der Waals surface area (Å²) in [4.78, 5) is 48.3. The Morgan fingerprint density at radius 2 is 1.60 bits per heavy atom. The standard InChI is InChI=1S/C32H39N7O4/c1-36(2)30(41)24-9-5-22(6-10-24)18-38-15-16-39-27(32(38)19-43-20-32)26(23-11-12-23)35-28(39)29(40)33-17-21-7-13-25(14-8-21)34-31(42)37(3)4/h5-10,13-14,23H,11-12,15-20H2,1-4H3,(H,33,40)(H,34,42). The predicted molar refractivity (Wildman–Crippen MR) is 162 cm³/mol. The Morgan fingerprint density at radius 1 is 0.930 bits per heavy atom. The third-order valence-corrected chi connectivity index (χ3v) is 8.53. The van der Waals surface area contributed by atoms with Gasteiger partial charge in [0.1, 0.15) is 5.54 Å². The van der Waals surface area contributed by atoms with Crippen molar-refractivity contribution >= 4 is 23.5 Å². The number of carbonyl (C=O) groups is 3. The third kappa shape index (κ3) is 5.62. The van der Waals surface area contributed by atoms with Gasteiger partial charge in [-0.2, -0.15) is 0 Å². The first-order valence-corrected chi connectivity index (χ1v) is 14.8. The first-order chi connectivity index (χ1) is 20.7. The van der Waals surface area contributed by atoms with Gasteiger partial charge in [-0.15, -0.1) is 0 Å². The number of rotatable bonds is 8. The van der Waals surface area contributed by atoms with Gasteiger partial charge in [-0.25, -0.2) is 9.78 Å². The molecule has 0 radical (unpaired) electrons. The molecule has 1 aromatic heterocycles. The van der Waals surface area contributed by atoms with Crippen molar-refractivity contribution < 1.29 is 19.1 Å². The van der Waals surface area contributed by atoms with Gasteiger partial charge in [0, 0.05) is 71.5 Å². The van der Waals surface area contributed by atoms with E-state index in [9.17, 15) is 14.4 Å². The van der Waals surface area contributed by atoms with Crippen molar-refractivity contribution in [3.05, 3.63) is 82.4 Å². The van der Waals surface area contributed by atoms with Crippen LogP contribution in [0.15, 0.2) is 48.5 Å². The van der Waals surface area contributed by atoms with E-state index in [-0.39, 0.29) is 23.4 Å². The van der Waals surface area contributed by atoms with Gasteiger partial charge >= 0.3 is 6.03 Å². The predicted octanol–water partition coefficient (Wildman–Crippen LogP) is 3.23. The minimum Gasteiger partial charge on any atom is -0.377 e. The molecule has 0 unspecified atom stereocenters. The second-order valence-electron chi connectivity index (χ2n) is 12.1. The minimum atomic E-state index is -0.327. The Balaban J connectivity index is 1.19. The van der Waals surface area contributed by atoms with E-state index >= 15 is 0 Å². The summed E-state index contributed by atoms with van der Waals surface area (Å²) in [5.74, 6) is 0.636. The van der Waals surface area contributed by atoms with Crippen LogP contribution in [0.1, 0.15) is 62.3 Å². The fourth-order valence-corrected chi connectivity index (χ4v) is 5.86. The Labute approximate surface area is 251 Å². The number of carbonyl (C=O) groups excluding carboxylic acids is 3. The number of hydrogen-bond donors (Lipinski definition) is 2. The number of ether oxygens (including phenoxy) is 1. The summed E-state index contributed by atoms with van der Waals surface area (Å²) < 4.78 is 7.96. The van der Waals surface area contributed by atoms with Gasteiger partial charge in [-0.1, -0.05) is 24.3 Å². The molecule has 2 fully saturated rings. The normalized spacial score (nSPS) is 17.1. The molecule has 2 aliphatic heterocycles. The van der Waals surface area contributed by atoms with Gasteiger partial charge < -0.3 is 29.7 Å². The summed E-state index contributed by atoms with van der Waals surface area (Å²) in [6.45, 7) is 3.63. The molecule has 2 aromatic carbocycles. The Kier molecular flexibility index (Phi) is 7.70. The summed E-state index contributed by atoms with van der Waals surface area (Å²) in [6.07, 6.45) is 2.17. The zero-order valence-corrected chi connectivity index (χ0v) is 25.2. The Morgan fingerprint density at radius 3 is 2.19 bits per heavy atom. The lowest BCUT2D eigenvalue weighted by Crippen LogP contribution is -2.63. The molecule has 4 amide bonds. The molecule has 1 spiro atoms. The van der Waals surface area contributed by atoms with Crippen LogP contribution in [-0.4, -0.2) is 90.0 Å². The molecule has 11 heteroatoms. The van der Waals surface area contributed by atoms with E-state index in [1.807, 2.05) is 48.5 Å². The number of imidazole rings is 1. The second-order valence-corrected chi connectivity index (χ2v) is 12.1. The van der Waals surface area contributed by atoms with E-state index in [2.05, 4.69) is 20.1 Å². The average molecular weight is 586 g/mol. The van der Waals surface area contributed by atoms with E-state index in [1.54, 1.807) is 33.1 Å². The van der Waals surface area contributed by atoms with Gasteiger partial charge in [-0.3, -0.25) is 14.5 Å². The van der Waals surface area contributed by atoms with Crippen molar-refractivity contribution in [3.63, 3.8) is 0 Å². The van der Waals surface area contributed by atoms with Crippen molar-refractivity contribution in [1.82, 2.24) is 29.6 Å². The molecule has 1 aliphatic carbocycles. The number of nitrogens with one attached hydrogen (secondary N) is 2. The first-order valence-electron chi connectivity index (χ1n) is 14.8. The highest BCUT2D eigenvalue weighted by Gasteiger charge is 2.53. The lowest BCUT2D eigenvalue weighted by Gasteiger charge is -2.53. The quantitative estimate of drug-likeness (QED) is 0.420. The molecular weight excluding hydrogens is 546 g/mol. The van der Waals surface area contributed by atoms with E-state index in [4.69, 9.17) is 9.72 Å². The van der Waals surface area contributed by atoms with Crippen molar-refractivity contribution in [3.8, 4) is 0 Å². The van der Waals surface area contributed by atoms with Gasteiger partial charge in [0.2, 0.25) is 0 Å². The van der Waals surface area contributed by atoms with Crippen LogP contribution in [-0.2, 0) is 29.9 Å². The summed E-state index contributed by atoms with van der Waals surface area (Å²) in [5.41, 5.74) is 5.26. The smallest absolute Gasteiger partial charge is 0.321 e. The molecule has 11 nitrogen and oxygen atoms in total. The number of fused-ring (bicyclic) bond motifs is 2. The maximum atomic E-state index is 13.5. The molecule has 3 aromatic rings. The molecule has 0 atom stereocenters. The van der Waals surface area contributed by atoms with Crippen LogP contribution < -0.4 is 10.6 Å². The summed E-state index contributed by atoms with van der Waals surface area (Å²) in [6, 6.07) is 15.1. The zero-order chi connectivity index (χ0) is 30.3. The van der Waals surface area contributed by atoms with Gasteiger partial charge in [0.25, 0.3) is 11.8 Å².